The summed E-state index contributed by atoms with van der Waals surface area (Å²) in [6, 6.07) is 0. The molecule has 5 nitrogen and oxygen atoms in total. The van der Waals surface area contributed by atoms with Crippen molar-refractivity contribution in [1.29, 1.82) is 0 Å². The van der Waals surface area contributed by atoms with Crippen LogP contribution in [0.1, 0.15) is 6.92 Å². The van der Waals surface area contributed by atoms with Crippen LogP contribution < -0.4 is 4.90 Å². The molecule has 17 heavy (non-hydrogen) atoms. The lowest BCUT2D eigenvalue weighted by Gasteiger charge is -2.23. The van der Waals surface area contributed by atoms with Gasteiger partial charge in [-0.2, -0.15) is 4.98 Å². The van der Waals surface area contributed by atoms with Crippen LogP contribution in [-0.4, -0.2) is 48.0 Å². The molecular formula is C10H14BrClN4O. The molecule has 0 radical (unpaired) electrons. The van der Waals surface area contributed by atoms with Crippen molar-refractivity contribution in [3.63, 3.8) is 0 Å². The van der Waals surface area contributed by atoms with Crippen molar-refractivity contribution in [1.82, 2.24) is 14.9 Å². The second-order valence-electron chi connectivity index (χ2n) is 3.61. The minimum absolute atomic E-state index is 0.00786. The summed E-state index contributed by atoms with van der Waals surface area (Å²) in [5, 5.41) is 0.166. The molecule has 0 aromatic carbocycles. The number of aromatic nitrogens is 2. The summed E-state index contributed by atoms with van der Waals surface area (Å²) >= 11 is 9.10. The lowest BCUT2D eigenvalue weighted by molar-refractivity contribution is -0.127. The molecule has 94 valence electrons. The maximum absolute atomic E-state index is 11.7. The van der Waals surface area contributed by atoms with E-state index in [-0.39, 0.29) is 17.7 Å². The third-order valence-corrected chi connectivity index (χ3v) is 2.94. The van der Waals surface area contributed by atoms with Crippen LogP contribution in [0.5, 0.6) is 0 Å². The van der Waals surface area contributed by atoms with E-state index in [0.717, 1.165) is 4.47 Å². The van der Waals surface area contributed by atoms with E-state index in [0.29, 0.717) is 12.4 Å². The van der Waals surface area contributed by atoms with Gasteiger partial charge in [0.05, 0.1) is 11.0 Å². The van der Waals surface area contributed by atoms with Crippen molar-refractivity contribution in [2.45, 2.75) is 6.92 Å². The lowest BCUT2D eigenvalue weighted by Crippen LogP contribution is -2.37. The van der Waals surface area contributed by atoms with Crippen LogP contribution in [0.2, 0.25) is 5.28 Å². The highest BCUT2D eigenvalue weighted by Gasteiger charge is 2.16. The number of rotatable bonds is 4. The number of halogens is 2. The minimum atomic E-state index is 0.00786. The fourth-order valence-electron chi connectivity index (χ4n) is 1.20. The molecule has 1 aromatic rings. The van der Waals surface area contributed by atoms with Crippen molar-refractivity contribution in [2.75, 3.05) is 32.1 Å². The number of hydrogen-bond acceptors (Lipinski definition) is 4. The number of carbonyl (C=O) groups excluding carboxylic acids is 1. The van der Waals surface area contributed by atoms with Crippen LogP contribution in [0.25, 0.3) is 0 Å². The molecule has 0 aliphatic heterocycles. The van der Waals surface area contributed by atoms with Crippen LogP contribution in [0.15, 0.2) is 10.7 Å². The first-order valence-corrected chi connectivity index (χ1v) is 6.26. The highest BCUT2D eigenvalue weighted by molar-refractivity contribution is 9.10. The highest BCUT2D eigenvalue weighted by Crippen LogP contribution is 2.24. The fourth-order valence-corrected chi connectivity index (χ4v) is 1.77. The van der Waals surface area contributed by atoms with Gasteiger partial charge >= 0.3 is 0 Å². The monoisotopic (exact) mass is 320 g/mol. The molecule has 0 atom stereocenters. The van der Waals surface area contributed by atoms with Gasteiger partial charge in [0, 0.05) is 26.8 Å². The summed E-state index contributed by atoms with van der Waals surface area (Å²) in [6.07, 6.45) is 1.58. The Bertz CT molecular complexity index is 413. The van der Waals surface area contributed by atoms with Gasteiger partial charge in [-0.1, -0.05) is 0 Å². The van der Waals surface area contributed by atoms with E-state index in [4.69, 9.17) is 11.6 Å². The smallest absolute Gasteiger partial charge is 0.241 e. The zero-order valence-electron chi connectivity index (χ0n) is 9.94. The second-order valence-corrected chi connectivity index (χ2v) is 4.81. The van der Waals surface area contributed by atoms with E-state index in [1.165, 1.54) is 0 Å². The maximum atomic E-state index is 11.7. The number of hydrogen-bond donors (Lipinski definition) is 0. The maximum Gasteiger partial charge on any atom is 0.241 e. The third-order valence-electron chi connectivity index (χ3n) is 2.20. The molecule has 1 rings (SSSR count). The van der Waals surface area contributed by atoms with Crippen molar-refractivity contribution >= 4 is 39.3 Å². The molecule has 0 spiro atoms. The first-order chi connectivity index (χ1) is 7.95. The Balaban J connectivity index is 2.93. The van der Waals surface area contributed by atoms with Crippen molar-refractivity contribution in [2.24, 2.45) is 0 Å². The van der Waals surface area contributed by atoms with Gasteiger partial charge in [-0.25, -0.2) is 4.98 Å². The summed E-state index contributed by atoms with van der Waals surface area (Å²) < 4.78 is 0.718. The van der Waals surface area contributed by atoms with Gasteiger partial charge in [0.25, 0.3) is 0 Å². The molecule has 1 aromatic heterocycles. The number of nitrogens with zero attached hydrogens (tertiary/aromatic N) is 4. The number of anilines is 1. The predicted molar refractivity (Wildman–Crippen MR) is 71.3 cm³/mol. The SMILES string of the molecule is CCN(CC(=O)N(C)C)c1nc(Cl)ncc1Br. The van der Waals surface area contributed by atoms with E-state index in [1.807, 2.05) is 11.8 Å². The van der Waals surface area contributed by atoms with E-state index in [2.05, 4.69) is 25.9 Å². The normalized spacial score (nSPS) is 10.2. The van der Waals surface area contributed by atoms with Gasteiger partial charge in [0.15, 0.2) is 0 Å². The van der Waals surface area contributed by atoms with Crippen LogP contribution in [0, 0.1) is 0 Å². The van der Waals surface area contributed by atoms with E-state index in [9.17, 15) is 4.79 Å². The second kappa shape index (κ2) is 6.16. The zero-order chi connectivity index (χ0) is 13.0. The molecular weight excluding hydrogens is 307 g/mol. The predicted octanol–water partition coefficient (Wildman–Crippen LogP) is 1.81. The Hall–Kier alpha value is -0.880. The molecule has 1 amide bonds. The number of carbonyl (C=O) groups is 1. The van der Waals surface area contributed by atoms with E-state index < -0.39 is 0 Å². The molecule has 0 aliphatic rings. The fraction of sp³-hybridized carbons (Fsp3) is 0.500. The van der Waals surface area contributed by atoms with E-state index in [1.54, 1.807) is 25.2 Å². The Morgan fingerprint density at radius 2 is 2.18 bits per heavy atom. The van der Waals surface area contributed by atoms with Crippen molar-refractivity contribution < 1.29 is 4.79 Å². The molecule has 0 aliphatic carbocycles. The Labute approximate surface area is 114 Å². The Morgan fingerprint density at radius 1 is 1.53 bits per heavy atom. The quantitative estimate of drug-likeness (QED) is 0.794. The van der Waals surface area contributed by atoms with Crippen molar-refractivity contribution in [3.8, 4) is 0 Å². The average molecular weight is 322 g/mol. The number of likely N-dealkylation sites (N-methyl/N-ethyl adjacent to an activating group) is 2. The van der Waals surface area contributed by atoms with Gasteiger partial charge in [0.1, 0.15) is 5.82 Å². The zero-order valence-corrected chi connectivity index (χ0v) is 12.3. The molecule has 0 N–H and O–H groups in total. The summed E-state index contributed by atoms with van der Waals surface area (Å²) in [5.74, 6) is 0.635. The summed E-state index contributed by atoms with van der Waals surface area (Å²) in [6.45, 7) is 2.87. The summed E-state index contributed by atoms with van der Waals surface area (Å²) in [4.78, 5) is 23.0. The first-order valence-electron chi connectivity index (χ1n) is 5.08. The molecule has 0 unspecified atom stereocenters. The van der Waals surface area contributed by atoms with Gasteiger partial charge in [-0.05, 0) is 34.5 Å². The third kappa shape index (κ3) is 3.81. The highest BCUT2D eigenvalue weighted by atomic mass is 79.9. The molecule has 0 saturated carbocycles. The molecule has 7 heteroatoms. The van der Waals surface area contributed by atoms with Gasteiger partial charge in [0.2, 0.25) is 11.2 Å². The standard InChI is InChI=1S/C10H14BrClN4O/c1-4-16(6-8(17)15(2)3)9-7(11)5-13-10(12)14-9/h5H,4,6H2,1-3H3. The van der Waals surface area contributed by atoms with Crippen LogP contribution in [-0.2, 0) is 4.79 Å². The topological polar surface area (TPSA) is 49.3 Å². The average Bonchev–Trinajstić information content (AvgIpc) is 2.29. The van der Waals surface area contributed by atoms with Gasteiger partial charge < -0.3 is 9.80 Å². The molecule has 0 bridgehead atoms. The van der Waals surface area contributed by atoms with E-state index >= 15 is 0 Å². The van der Waals surface area contributed by atoms with Crippen LogP contribution in [0.3, 0.4) is 0 Å². The molecule has 0 saturated heterocycles. The van der Waals surface area contributed by atoms with Gasteiger partial charge in [-0.15, -0.1) is 0 Å². The Kier molecular flexibility index (Phi) is 5.14. The first kappa shape index (κ1) is 14.2. The van der Waals surface area contributed by atoms with Crippen molar-refractivity contribution in [3.05, 3.63) is 16.0 Å². The van der Waals surface area contributed by atoms with Crippen LogP contribution >= 0.6 is 27.5 Å². The Morgan fingerprint density at radius 3 is 2.71 bits per heavy atom. The van der Waals surface area contributed by atoms with Gasteiger partial charge in [-0.3, -0.25) is 4.79 Å². The summed E-state index contributed by atoms with van der Waals surface area (Å²) in [5.41, 5.74) is 0. The summed E-state index contributed by atoms with van der Waals surface area (Å²) in [7, 11) is 3.44. The largest absolute Gasteiger partial charge is 0.347 e. The minimum Gasteiger partial charge on any atom is -0.347 e. The van der Waals surface area contributed by atoms with Crippen LogP contribution in [0.4, 0.5) is 5.82 Å². The molecule has 0 fully saturated rings. The lowest BCUT2D eigenvalue weighted by atomic mass is 10.4. The molecule has 1 heterocycles. The number of amides is 1.